The number of pyridine rings is 1. The molecule has 0 aliphatic carbocycles. The number of rotatable bonds is 5. The first-order chi connectivity index (χ1) is 12.3. The monoisotopic (exact) mass is 372 g/mol. The number of sulfone groups is 1. The third-order valence-electron chi connectivity index (χ3n) is 3.73. The summed E-state index contributed by atoms with van der Waals surface area (Å²) < 4.78 is 30.7. The molecule has 136 valence electrons. The zero-order valence-electron chi connectivity index (χ0n) is 15.1. The molecular formula is C18H20N4O3S. The maximum absolute atomic E-state index is 12.5. The Morgan fingerprint density at radius 1 is 1.19 bits per heavy atom. The zero-order valence-corrected chi connectivity index (χ0v) is 15.9. The molecule has 0 unspecified atom stereocenters. The fourth-order valence-corrected chi connectivity index (χ4v) is 3.39. The van der Waals surface area contributed by atoms with Gasteiger partial charge in [0.1, 0.15) is 11.2 Å². The highest BCUT2D eigenvalue weighted by atomic mass is 32.2. The number of benzene rings is 1. The summed E-state index contributed by atoms with van der Waals surface area (Å²) in [5.41, 5.74) is 2.45. The largest absolute Gasteiger partial charge is 0.435 e. The number of fused-ring (bicyclic) bond motifs is 1. The summed E-state index contributed by atoms with van der Waals surface area (Å²) in [7, 11) is 0.178. The number of aryl methyl sites for hydroxylation is 1. The van der Waals surface area contributed by atoms with Gasteiger partial charge < -0.3 is 9.32 Å². The molecule has 0 fully saturated rings. The average molecular weight is 372 g/mol. The summed E-state index contributed by atoms with van der Waals surface area (Å²) >= 11 is 0. The Morgan fingerprint density at radius 3 is 2.65 bits per heavy atom. The molecule has 0 bridgehead atoms. The van der Waals surface area contributed by atoms with Gasteiger partial charge in [0.25, 0.3) is 0 Å². The van der Waals surface area contributed by atoms with Crippen LogP contribution in [0, 0.1) is 6.92 Å². The topological polar surface area (TPSA) is 88.7 Å². The van der Waals surface area contributed by atoms with Crippen molar-refractivity contribution < 1.29 is 12.8 Å². The van der Waals surface area contributed by atoms with Gasteiger partial charge in [-0.15, -0.1) is 0 Å². The Morgan fingerprint density at radius 2 is 1.96 bits per heavy atom. The van der Waals surface area contributed by atoms with Gasteiger partial charge in [-0.05, 0) is 36.8 Å². The lowest BCUT2D eigenvalue weighted by Crippen LogP contribution is -2.08. The Bertz CT molecular complexity index is 1090. The van der Waals surface area contributed by atoms with Crippen LogP contribution in [-0.2, 0) is 9.84 Å². The van der Waals surface area contributed by atoms with Crippen LogP contribution < -0.4 is 0 Å². The van der Waals surface area contributed by atoms with Crippen LogP contribution in [-0.4, -0.2) is 49.5 Å². The molecule has 26 heavy (non-hydrogen) atoms. The van der Waals surface area contributed by atoms with E-state index in [2.05, 4.69) is 15.0 Å². The van der Waals surface area contributed by atoms with E-state index in [0.29, 0.717) is 16.9 Å². The summed E-state index contributed by atoms with van der Waals surface area (Å²) in [4.78, 5) is 14.9. The lowest BCUT2D eigenvalue weighted by atomic mass is 10.2. The van der Waals surface area contributed by atoms with Crippen molar-refractivity contribution in [2.45, 2.75) is 18.7 Å². The Kier molecular flexibility index (Phi) is 4.78. The third-order valence-corrected chi connectivity index (χ3v) is 5.48. The van der Waals surface area contributed by atoms with Crippen LogP contribution in [0.4, 0.5) is 5.82 Å². The van der Waals surface area contributed by atoms with E-state index in [1.165, 1.54) is 6.07 Å². The van der Waals surface area contributed by atoms with Crippen molar-refractivity contribution >= 4 is 33.1 Å². The van der Waals surface area contributed by atoms with Crippen LogP contribution in [0.5, 0.6) is 0 Å². The molecule has 8 heteroatoms. The van der Waals surface area contributed by atoms with E-state index in [4.69, 9.17) is 4.42 Å². The smallest absolute Gasteiger partial charge is 0.247 e. The summed E-state index contributed by atoms with van der Waals surface area (Å²) in [6, 6.07) is 8.67. The molecule has 0 aliphatic heterocycles. The van der Waals surface area contributed by atoms with Gasteiger partial charge in [0.2, 0.25) is 5.89 Å². The van der Waals surface area contributed by atoms with Crippen LogP contribution in [0.2, 0.25) is 0 Å². The van der Waals surface area contributed by atoms with Crippen molar-refractivity contribution in [3.8, 4) is 11.6 Å². The minimum absolute atomic E-state index is 0.0403. The number of oxazole rings is 1. The highest BCUT2D eigenvalue weighted by molar-refractivity contribution is 7.91. The first-order valence-electron chi connectivity index (χ1n) is 8.12. The first-order valence-corrected chi connectivity index (χ1v) is 9.77. The summed E-state index contributed by atoms with van der Waals surface area (Å²) in [6.07, 6.45) is 1.59. The molecule has 0 saturated carbocycles. The van der Waals surface area contributed by atoms with Crippen molar-refractivity contribution in [3.63, 3.8) is 0 Å². The number of nitrogens with zero attached hydrogens (tertiary/aromatic N) is 4. The Hall–Kier alpha value is -2.74. The summed E-state index contributed by atoms with van der Waals surface area (Å²) in [5, 5.41) is 0. The summed E-state index contributed by atoms with van der Waals surface area (Å²) in [6.45, 7) is 3.54. The molecule has 0 N–H and O–H groups in total. The maximum Gasteiger partial charge on any atom is 0.247 e. The molecule has 0 aliphatic rings. The molecular weight excluding hydrogens is 352 g/mol. The predicted octanol–water partition coefficient (Wildman–Crippen LogP) is 3.21. The molecule has 0 amide bonds. The second-order valence-corrected chi connectivity index (χ2v) is 8.36. The molecule has 0 radical (unpaired) electrons. The molecule has 0 spiro atoms. The molecule has 2 heterocycles. The minimum Gasteiger partial charge on any atom is -0.435 e. The maximum atomic E-state index is 12.5. The van der Waals surface area contributed by atoms with Crippen LogP contribution in [0.1, 0.15) is 12.5 Å². The van der Waals surface area contributed by atoms with Crippen molar-refractivity contribution in [3.05, 3.63) is 35.9 Å². The summed E-state index contributed by atoms with van der Waals surface area (Å²) in [5.74, 6) is 0.503. The van der Waals surface area contributed by atoms with E-state index in [1.54, 1.807) is 24.2 Å². The van der Waals surface area contributed by atoms with E-state index < -0.39 is 9.84 Å². The van der Waals surface area contributed by atoms with Crippen molar-refractivity contribution in [1.82, 2.24) is 14.9 Å². The van der Waals surface area contributed by atoms with Crippen molar-refractivity contribution in [2.75, 3.05) is 19.8 Å². The van der Waals surface area contributed by atoms with Gasteiger partial charge in [0.05, 0.1) is 17.0 Å². The highest BCUT2D eigenvalue weighted by Crippen LogP contribution is 2.30. The second-order valence-electron chi connectivity index (χ2n) is 6.12. The second kappa shape index (κ2) is 6.87. The molecule has 1 aromatic carbocycles. The van der Waals surface area contributed by atoms with Gasteiger partial charge in [-0.3, -0.25) is 0 Å². The van der Waals surface area contributed by atoms with Crippen molar-refractivity contribution in [1.29, 1.82) is 0 Å². The van der Waals surface area contributed by atoms with Gasteiger partial charge in [0.15, 0.2) is 21.2 Å². The van der Waals surface area contributed by atoms with Crippen LogP contribution in [0.3, 0.4) is 0 Å². The lowest BCUT2D eigenvalue weighted by Gasteiger charge is -2.07. The fraction of sp³-hybridized carbons (Fsp3) is 0.278. The van der Waals surface area contributed by atoms with E-state index in [1.807, 2.05) is 39.2 Å². The van der Waals surface area contributed by atoms with Crippen molar-refractivity contribution in [2.24, 2.45) is 4.99 Å². The minimum atomic E-state index is -3.50. The zero-order chi connectivity index (χ0) is 18.9. The number of hydrogen-bond donors (Lipinski definition) is 0. The molecule has 2 aromatic heterocycles. The van der Waals surface area contributed by atoms with E-state index >= 15 is 0 Å². The molecule has 0 saturated heterocycles. The fourth-order valence-electron chi connectivity index (χ4n) is 2.38. The SMILES string of the molecule is CCS(=O)(=O)c1ccc(N=CN(C)C)nc1-c1nc2cc(C)ccc2o1. The van der Waals surface area contributed by atoms with E-state index in [0.717, 1.165) is 5.56 Å². The Balaban J connectivity index is 2.21. The van der Waals surface area contributed by atoms with Gasteiger partial charge in [-0.1, -0.05) is 13.0 Å². The predicted molar refractivity (Wildman–Crippen MR) is 102 cm³/mol. The van der Waals surface area contributed by atoms with Crippen LogP contribution in [0.25, 0.3) is 22.7 Å². The Labute approximate surface area is 152 Å². The normalized spacial score (nSPS) is 12.2. The number of hydrogen-bond acceptors (Lipinski definition) is 6. The number of aromatic nitrogens is 2. The van der Waals surface area contributed by atoms with Crippen LogP contribution >= 0.6 is 0 Å². The standard InChI is InChI=1S/C18H20N4O3S/c1-5-26(23,24)15-8-9-16(19-11-22(3)4)21-17(15)18-20-13-10-12(2)6-7-14(13)25-18/h6-11H,5H2,1-4H3. The van der Waals surface area contributed by atoms with E-state index in [-0.39, 0.29) is 22.2 Å². The molecule has 7 nitrogen and oxygen atoms in total. The van der Waals surface area contributed by atoms with Crippen LogP contribution in [0.15, 0.2) is 44.6 Å². The van der Waals surface area contributed by atoms with E-state index in [9.17, 15) is 8.42 Å². The van der Waals surface area contributed by atoms with Gasteiger partial charge in [-0.25, -0.2) is 23.4 Å². The highest BCUT2D eigenvalue weighted by Gasteiger charge is 2.23. The first kappa shape index (κ1) is 18.1. The van der Waals surface area contributed by atoms with Gasteiger partial charge >= 0.3 is 0 Å². The number of aliphatic imine (C=N–C) groups is 1. The van der Waals surface area contributed by atoms with Gasteiger partial charge in [0, 0.05) is 14.1 Å². The molecule has 0 atom stereocenters. The molecule has 3 aromatic rings. The average Bonchev–Trinajstić information content (AvgIpc) is 3.02. The molecule has 3 rings (SSSR count). The quantitative estimate of drug-likeness (QED) is 0.505. The van der Waals surface area contributed by atoms with Gasteiger partial charge in [-0.2, -0.15) is 0 Å². The third kappa shape index (κ3) is 3.60. The lowest BCUT2D eigenvalue weighted by molar-refractivity contribution is 0.592.